The van der Waals surface area contributed by atoms with Gasteiger partial charge < -0.3 is 14.6 Å². The molecule has 0 saturated carbocycles. The van der Waals surface area contributed by atoms with E-state index in [1.807, 2.05) is 6.07 Å². The third-order valence-electron chi connectivity index (χ3n) is 7.29. The van der Waals surface area contributed by atoms with Crippen LogP contribution < -0.4 is 14.4 Å². The number of aromatic nitrogens is 3. The third-order valence-corrected chi connectivity index (χ3v) is 11.1. The molecule has 2 aromatic heterocycles. The number of anilines is 1. The number of carbonyl (C=O) groups is 2. The first kappa shape index (κ1) is 34.2. The summed E-state index contributed by atoms with van der Waals surface area (Å²) in [5.74, 6) is -0.394. The molecular formula is C32H32Cl2N4O5S3. The first-order valence-electron chi connectivity index (χ1n) is 14.6. The van der Waals surface area contributed by atoms with E-state index in [1.54, 1.807) is 44.2 Å². The summed E-state index contributed by atoms with van der Waals surface area (Å²) < 4.78 is 12.3. The molecule has 1 N–H and O–H groups in total. The minimum Gasteiger partial charge on any atom is -0.503 e. The number of benzene rings is 2. The van der Waals surface area contributed by atoms with E-state index in [0.717, 1.165) is 31.2 Å². The molecule has 1 unspecified atom stereocenters. The summed E-state index contributed by atoms with van der Waals surface area (Å²) in [4.78, 5) is 33.8. The molecule has 0 bridgehead atoms. The molecule has 0 aliphatic carbocycles. The number of hydrogen-bond acceptors (Lipinski definition) is 11. The van der Waals surface area contributed by atoms with Crippen molar-refractivity contribution in [3.8, 4) is 11.5 Å². The van der Waals surface area contributed by atoms with E-state index in [-0.39, 0.29) is 10.7 Å². The van der Waals surface area contributed by atoms with Crippen LogP contribution in [0.25, 0.3) is 0 Å². The maximum atomic E-state index is 14.0. The summed E-state index contributed by atoms with van der Waals surface area (Å²) >= 11 is 16.2. The largest absolute Gasteiger partial charge is 0.503 e. The van der Waals surface area contributed by atoms with Crippen molar-refractivity contribution in [2.75, 3.05) is 18.6 Å². The number of thioether (sulfide) groups is 1. The van der Waals surface area contributed by atoms with Crippen molar-refractivity contribution >= 4 is 74.5 Å². The molecule has 1 aliphatic heterocycles. The van der Waals surface area contributed by atoms with Gasteiger partial charge >= 0.3 is 0 Å². The van der Waals surface area contributed by atoms with Gasteiger partial charge in [-0.1, -0.05) is 84.6 Å². The van der Waals surface area contributed by atoms with Crippen LogP contribution in [-0.4, -0.2) is 45.7 Å². The van der Waals surface area contributed by atoms with Crippen LogP contribution in [-0.2, 0) is 10.5 Å². The van der Waals surface area contributed by atoms with E-state index >= 15 is 0 Å². The van der Waals surface area contributed by atoms with Crippen LogP contribution in [0.1, 0.15) is 70.1 Å². The van der Waals surface area contributed by atoms with E-state index in [9.17, 15) is 14.7 Å². The van der Waals surface area contributed by atoms with Crippen molar-refractivity contribution in [3.63, 3.8) is 0 Å². The standard InChI is InChI=1S/C32H32Cl2N4O5S3/c1-5-6-7-8-13-43-23-12-10-19(14-24(23)42-4)26-25(27(39)29-17(2)35-18(3)45-29)28(40)30(41)38(26)31-36-37-32(46-31)44-16-20-9-11-21(33)15-22(20)34/h9-12,14-15,26,40H,5-8,13,16H2,1-4H3. The number of amides is 1. The SMILES string of the molecule is CCCCCCOc1ccc(C2C(C(=O)c3sc(C)nc3C)=C(O)C(=O)N2c2nnc(SCc3ccc(Cl)cc3Cl)s2)cc1OC. The predicted molar refractivity (Wildman–Crippen MR) is 184 cm³/mol. The number of Topliss-reactive ketones (excluding diaryl/α,β-unsaturated/α-hetero) is 1. The Labute approximate surface area is 289 Å². The van der Waals surface area contributed by atoms with Crippen molar-refractivity contribution in [2.24, 2.45) is 0 Å². The molecule has 1 amide bonds. The fraction of sp³-hybridized carbons (Fsp3) is 0.344. The summed E-state index contributed by atoms with van der Waals surface area (Å²) in [5.41, 5.74) is 1.86. The molecule has 4 aromatic rings. The van der Waals surface area contributed by atoms with Gasteiger partial charge in [0.1, 0.15) is 0 Å². The van der Waals surface area contributed by atoms with Gasteiger partial charge in [-0.05, 0) is 55.7 Å². The molecule has 0 fully saturated rings. The smallest absolute Gasteiger partial charge is 0.296 e. The van der Waals surface area contributed by atoms with Gasteiger partial charge in [-0.25, -0.2) is 4.98 Å². The minimum atomic E-state index is -1.01. The van der Waals surface area contributed by atoms with Crippen molar-refractivity contribution in [1.82, 2.24) is 15.2 Å². The Morgan fingerprint density at radius 1 is 1.07 bits per heavy atom. The first-order valence-corrected chi connectivity index (χ1v) is 18.0. The molecule has 0 radical (unpaired) electrons. The highest BCUT2D eigenvalue weighted by Gasteiger charge is 2.47. The zero-order chi connectivity index (χ0) is 33.0. The normalized spacial score (nSPS) is 14.8. The minimum absolute atomic E-state index is 0.0654. The van der Waals surface area contributed by atoms with Crippen LogP contribution in [0.2, 0.25) is 10.0 Å². The second-order valence-electron chi connectivity index (χ2n) is 10.5. The molecule has 1 atom stereocenters. The lowest BCUT2D eigenvalue weighted by molar-refractivity contribution is -0.117. The second kappa shape index (κ2) is 15.2. The van der Waals surface area contributed by atoms with Gasteiger partial charge in [-0.3, -0.25) is 14.5 Å². The first-order chi connectivity index (χ1) is 22.1. The Kier molecular flexibility index (Phi) is 11.3. The molecule has 3 heterocycles. The van der Waals surface area contributed by atoms with Crippen LogP contribution in [0.5, 0.6) is 11.5 Å². The van der Waals surface area contributed by atoms with Crippen molar-refractivity contribution in [3.05, 3.63) is 84.5 Å². The number of hydrogen-bond donors (Lipinski definition) is 1. The van der Waals surface area contributed by atoms with Crippen LogP contribution in [0, 0.1) is 13.8 Å². The van der Waals surface area contributed by atoms with Gasteiger partial charge in [0, 0.05) is 15.8 Å². The maximum absolute atomic E-state index is 14.0. The molecule has 242 valence electrons. The number of unbranched alkanes of at least 4 members (excludes halogenated alkanes) is 3. The van der Waals surface area contributed by atoms with Crippen LogP contribution in [0.3, 0.4) is 0 Å². The zero-order valence-electron chi connectivity index (χ0n) is 25.6. The number of aryl methyl sites for hydroxylation is 2. The van der Waals surface area contributed by atoms with Crippen LogP contribution in [0.15, 0.2) is 52.1 Å². The average Bonchev–Trinajstić information content (AvgIpc) is 3.71. The summed E-state index contributed by atoms with van der Waals surface area (Å²) in [6, 6.07) is 9.52. The van der Waals surface area contributed by atoms with Crippen molar-refractivity contribution in [2.45, 2.75) is 62.6 Å². The fourth-order valence-corrected chi connectivity index (χ4v) is 8.34. The number of methoxy groups -OCH3 is 1. The summed E-state index contributed by atoms with van der Waals surface area (Å²) in [7, 11) is 1.53. The lowest BCUT2D eigenvalue weighted by Gasteiger charge is -2.25. The van der Waals surface area contributed by atoms with Gasteiger partial charge in [-0.2, -0.15) is 0 Å². The molecule has 0 spiro atoms. The highest BCUT2D eigenvalue weighted by Crippen LogP contribution is 2.46. The predicted octanol–water partition coefficient (Wildman–Crippen LogP) is 8.96. The number of aliphatic hydroxyl groups is 1. The molecule has 2 aromatic carbocycles. The summed E-state index contributed by atoms with van der Waals surface area (Å²) in [6.45, 7) is 6.22. The van der Waals surface area contributed by atoms with Crippen molar-refractivity contribution < 1.29 is 24.2 Å². The average molecular weight is 720 g/mol. The Hall–Kier alpha value is -3.16. The number of thiazole rings is 1. The van der Waals surface area contributed by atoms with E-state index < -0.39 is 23.5 Å². The Morgan fingerprint density at radius 3 is 2.57 bits per heavy atom. The molecular weight excluding hydrogens is 687 g/mol. The number of carbonyl (C=O) groups excluding carboxylic acids is 2. The summed E-state index contributed by atoms with van der Waals surface area (Å²) in [6.07, 6.45) is 4.24. The molecule has 9 nitrogen and oxygen atoms in total. The number of aliphatic hydroxyl groups excluding tert-OH is 1. The molecule has 1 aliphatic rings. The maximum Gasteiger partial charge on any atom is 0.296 e. The number of rotatable bonds is 14. The van der Waals surface area contributed by atoms with Gasteiger partial charge in [0.15, 0.2) is 21.6 Å². The number of ketones is 1. The van der Waals surface area contributed by atoms with Crippen LogP contribution in [0.4, 0.5) is 5.13 Å². The third kappa shape index (κ3) is 7.36. The monoisotopic (exact) mass is 718 g/mol. The van der Waals surface area contributed by atoms with E-state index in [2.05, 4.69) is 22.1 Å². The van der Waals surface area contributed by atoms with Crippen molar-refractivity contribution in [1.29, 1.82) is 0 Å². The summed E-state index contributed by atoms with van der Waals surface area (Å²) in [5, 5.41) is 21.8. The van der Waals surface area contributed by atoms with Gasteiger partial charge in [0.2, 0.25) is 10.9 Å². The van der Waals surface area contributed by atoms with E-state index in [1.165, 1.54) is 46.4 Å². The molecule has 0 saturated heterocycles. The number of nitrogens with zero attached hydrogens (tertiary/aromatic N) is 4. The number of halogens is 2. The highest BCUT2D eigenvalue weighted by molar-refractivity contribution is 8.00. The lowest BCUT2D eigenvalue weighted by atomic mass is 9.95. The lowest BCUT2D eigenvalue weighted by Crippen LogP contribution is -2.31. The Morgan fingerprint density at radius 2 is 1.87 bits per heavy atom. The van der Waals surface area contributed by atoms with Gasteiger partial charge in [0.25, 0.3) is 5.91 Å². The molecule has 14 heteroatoms. The molecule has 5 rings (SSSR count). The van der Waals surface area contributed by atoms with E-state index in [4.69, 9.17) is 32.7 Å². The second-order valence-corrected chi connectivity index (χ2v) is 14.7. The quantitative estimate of drug-likeness (QED) is 0.0590. The van der Waals surface area contributed by atoms with Crippen LogP contribution >= 0.6 is 57.6 Å². The molecule has 46 heavy (non-hydrogen) atoms. The van der Waals surface area contributed by atoms with Gasteiger partial charge in [-0.15, -0.1) is 21.5 Å². The highest BCUT2D eigenvalue weighted by atomic mass is 35.5. The fourth-order valence-electron chi connectivity index (χ4n) is 5.04. The zero-order valence-corrected chi connectivity index (χ0v) is 29.6. The Bertz CT molecular complexity index is 1790. The van der Waals surface area contributed by atoms with E-state index in [0.29, 0.717) is 59.4 Å². The van der Waals surface area contributed by atoms with Gasteiger partial charge in [0.05, 0.1) is 40.9 Å². The Balaban J connectivity index is 1.49. The topological polar surface area (TPSA) is 115 Å². The number of ether oxygens (including phenoxy) is 2.